The van der Waals surface area contributed by atoms with Gasteiger partial charge in [0.25, 0.3) is 5.97 Å². The molecule has 6 aliphatic rings. The smallest absolute Gasteiger partial charge is 0.300 e. The number of aliphatic carboxylic acids is 1. The molecule has 0 radical (unpaired) electrons. The van der Waals surface area contributed by atoms with Gasteiger partial charge >= 0.3 is 0 Å². The Hall–Kier alpha value is -0.910. The van der Waals surface area contributed by atoms with Gasteiger partial charge in [0.05, 0.1) is 12.2 Å². The third kappa shape index (κ3) is 3.71. The van der Waals surface area contributed by atoms with Gasteiger partial charge in [0, 0.05) is 19.4 Å². The van der Waals surface area contributed by atoms with Crippen molar-refractivity contribution in [1.29, 1.82) is 0 Å². The third-order valence-corrected chi connectivity index (χ3v) is 11.6. The quantitative estimate of drug-likeness (QED) is 0.412. The van der Waals surface area contributed by atoms with E-state index in [9.17, 15) is 5.11 Å². The Kier molecular flexibility index (Phi) is 6.26. The second-order valence-corrected chi connectivity index (χ2v) is 13.3. The van der Waals surface area contributed by atoms with Crippen molar-refractivity contribution in [3.05, 3.63) is 11.6 Å². The van der Waals surface area contributed by atoms with Crippen molar-refractivity contribution in [3.63, 3.8) is 0 Å². The number of carboxylic acids is 1. The molecule has 2 aliphatic heterocycles. The Morgan fingerprint density at radius 3 is 2.53 bits per heavy atom. The first-order valence-corrected chi connectivity index (χ1v) is 14.0. The molecule has 34 heavy (non-hydrogen) atoms. The summed E-state index contributed by atoms with van der Waals surface area (Å²) in [6, 6.07) is 0. The monoisotopic (exact) mass is 473 g/mol. The summed E-state index contributed by atoms with van der Waals surface area (Å²) in [5.74, 6) is 3.75. The van der Waals surface area contributed by atoms with Crippen LogP contribution in [0.25, 0.3) is 0 Å². The Balaban J connectivity index is 0.000000560. The van der Waals surface area contributed by atoms with Crippen molar-refractivity contribution in [1.82, 2.24) is 5.32 Å². The molecule has 0 aromatic carbocycles. The summed E-state index contributed by atoms with van der Waals surface area (Å²) >= 11 is 0. The highest BCUT2D eigenvalue weighted by molar-refractivity contribution is 5.62. The van der Waals surface area contributed by atoms with Gasteiger partial charge in [-0.2, -0.15) is 0 Å². The Labute approximate surface area is 206 Å². The normalized spacial score (nSPS) is 53.5. The predicted molar refractivity (Wildman–Crippen MR) is 133 cm³/mol. The van der Waals surface area contributed by atoms with E-state index < -0.39 is 5.97 Å². The number of hydrogen-bond donors (Lipinski definition) is 3. The minimum absolute atomic E-state index is 0.0439. The summed E-state index contributed by atoms with van der Waals surface area (Å²) < 4.78 is 7.00. The minimum atomic E-state index is -0.833. The van der Waals surface area contributed by atoms with E-state index in [1.165, 1.54) is 44.9 Å². The second kappa shape index (κ2) is 8.59. The zero-order valence-corrected chi connectivity index (χ0v) is 22.0. The van der Waals surface area contributed by atoms with Crippen LogP contribution in [0.1, 0.15) is 92.4 Å². The lowest BCUT2D eigenvalue weighted by Crippen LogP contribution is -2.57. The highest BCUT2D eigenvalue weighted by Gasteiger charge is 2.68. The number of ether oxygens (including phenoxy) is 1. The molecule has 2 heterocycles. The molecule has 1 spiro atoms. The fourth-order valence-corrected chi connectivity index (χ4v) is 9.84. The number of nitrogens with one attached hydrogen (secondary N) is 1. The van der Waals surface area contributed by atoms with Gasteiger partial charge in [-0.25, -0.2) is 0 Å². The maximum absolute atomic E-state index is 10.3. The minimum Gasteiger partial charge on any atom is -0.481 e. The Morgan fingerprint density at radius 1 is 1.12 bits per heavy atom. The molecule has 0 aromatic rings. The number of hydrogen-bond acceptors (Lipinski definition) is 4. The van der Waals surface area contributed by atoms with Crippen LogP contribution < -0.4 is 5.32 Å². The molecule has 11 atom stereocenters. The van der Waals surface area contributed by atoms with E-state index >= 15 is 0 Å². The van der Waals surface area contributed by atoms with Crippen LogP contribution in [0.4, 0.5) is 0 Å². The van der Waals surface area contributed by atoms with Gasteiger partial charge in [0.2, 0.25) is 0 Å². The number of allylic oxidation sites excluding steroid dienone is 1. The highest BCUT2D eigenvalue weighted by atomic mass is 16.5. The Bertz CT molecular complexity index is 828. The molecule has 2 saturated heterocycles. The molecule has 5 fully saturated rings. The van der Waals surface area contributed by atoms with Crippen molar-refractivity contribution >= 4 is 5.97 Å². The van der Waals surface area contributed by atoms with Crippen LogP contribution in [-0.2, 0) is 9.53 Å². The summed E-state index contributed by atoms with van der Waals surface area (Å²) in [4.78, 5) is 9.00. The van der Waals surface area contributed by atoms with Gasteiger partial charge in [-0.05, 0) is 98.2 Å². The molecule has 0 aromatic heterocycles. The van der Waals surface area contributed by atoms with Crippen LogP contribution in [0.2, 0.25) is 0 Å². The van der Waals surface area contributed by atoms with E-state index in [4.69, 9.17) is 14.6 Å². The lowest BCUT2D eigenvalue weighted by Gasteiger charge is -2.58. The number of rotatable bonds is 0. The fourth-order valence-electron chi connectivity index (χ4n) is 9.84. The third-order valence-electron chi connectivity index (χ3n) is 11.6. The average molecular weight is 474 g/mol. The van der Waals surface area contributed by atoms with Crippen molar-refractivity contribution in [2.45, 2.75) is 110 Å². The molecular weight excluding hydrogens is 426 g/mol. The van der Waals surface area contributed by atoms with Crippen molar-refractivity contribution < 1.29 is 19.7 Å². The second-order valence-electron chi connectivity index (χ2n) is 13.3. The zero-order chi connectivity index (χ0) is 24.5. The Morgan fingerprint density at radius 2 is 1.85 bits per heavy atom. The predicted octanol–water partition coefficient (Wildman–Crippen LogP) is 5.38. The summed E-state index contributed by atoms with van der Waals surface area (Å²) in [7, 11) is 0. The van der Waals surface area contributed by atoms with Crippen molar-refractivity contribution in [2.75, 3.05) is 6.54 Å². The van der Waals surface area contributed by atoms with E-state index in [2.05, 4.69) is 39.1 Å². The lowest BCUT2D eigenvalue weighted by molar-refractivity contribution is -0.134. The fraction of sp³-hybridized carbons (Fsp3) is 0.897. The molecule has 3 saturated carbocycles. The highest BCUT2D eigenvalue weighted by Crippen LogP contribution is 2.70. The van der Waals surface area contributed by atoms with Gasteiger partial charge in [-0.3, -0.25) is 10.1 Å². The number of fused-ring (bicyclic) bond motifs is 7. The zero-order valence-electron chi connectivity index (χ0n) is 22.0. The molecule has 4 aliphatic carbocycles. The number of carbonyl (C=O) groups is 1. The van der Waals surface area contributed by atoms with Gasteiger partial charge in [0.15, 0.2) is 0 Å². The lowest BCUT2D eigenvalue weighted by atomic mass is 9.47. The molecule has 5 nitrogen and oxygen atoms in total. The molecule has 0 unspecified atom stereocenters. The molecular formula is C29H47NO4. The maximum Gasteiger partial charge on any atom is 0.300 e. The number of piperidine rings is 1. The summed E-state index contributed by atoms with van der Waals surface area (Å²) in [6.07, 6.45) is 13.8. The number of aliphatic hydroxyl groups excluding tert-OH is 1. The first-order chi connectivity index (χ1) is 16.0. The molecule has 6 rings (SSSR count). The summed E-state index contributed by atoms with van der Waals surface area (Å²) in [5, 5.41) is 21.6. The van der Waals surface area contributed by atoms with Crippen LogP contribution in [0.15, 0.2) is 11.6 Å². The van der Waals surface area contributed by atoms with Gasteiger partial charge in [0.1, 0.15) is 5.72 Å². The number of aliphatic hydroxyl groups is 1. The van der Waals surface area contributed by atoms with Crippen LogP contribution in [0.5, 0.6) is 0 Å². The SMILES string of the molecule is CC(=O)O.C[C@@H]1CC[C@@]2(NC1)O[C@H]1C[C@H]3[C@@H]4CC=C5C[C@@H](O)CC[C@]5(C)[C@H]4CC[C@]3(C)[C@H]1[C@@H]2C. The van der Waals surface area contributed by atoms with Crippen LogP contribution in [-0.4, -0.2) is 40.7 Å². The van der Waals surface area contributed by atoms with Crippen LogP contribution in [0.3, 0.4) is 0 Å². The van der Waals surface area contributed by atoms with Crippen LogP contribution >= 0.6 is 0 Å². The van der Waals surface area contributed by atoms with E-state index in [1.807, 2.05) is 0 Å². The van der Waals surface area contributed by atoms with E-state index in [0.29, 0.717) is 22.9 Å². The summed E-state index contributed by atoms with van der Waals surface area (Å²) in [6.45, 7) is 12.3. The van der Waals surface area contributed by atoms with E-state index in [0.717, 1.165) is 55.9 Å². The average Bonchev–Trinajstić information content (AvgIpc) is 3.21. The largest absolute Gasteiger partial charge is 0.481 e. The first-order valence-electron chi connectivity index (χ1n) is 14.0. The standard InChI is InChI=1S/C27H43NO2.C2H4O2/c1-16-7-12-27(28-15-16)17(2)24-23(30-27)14-22-20-6-5-18-13-19(29)8-10-25(18,3)21(20)9-11-26(22,24)4;1-2(3)4/h5,16-17,19-24,28-29H,6-15H2,1-4H3;1H3,(H,3,4)/t16-,17+,19+,20-,21+,22+,23+,24+,25+,26+,27-;/m1./s1. The maximum atomic E-state index is 10.3. The molecule has 192 valence electrons. The number of carboxylic acid groups (broad SMARTS) is 1. The van der Waals surface area contributed by atoms with E-state index in [-0.39, 0.29) is 11.8 Å². The topological polar surface area (TPSA) is 78.8 Å². The van der Waals surface area contributed by atoms with Gasteiger partial charge in [-0.15, -0.1) is 0 Å². The molecule has 3 N–H and O–H groups in total. The van der Waals surface area contributed by atoms with Crippen molar-refractivity contribution in [3.8, 4) is 0 Å². The summed E-state index contributed by atoms with van der Waals surface area (Å²) in [5.41, 5.74) is 2.33. The van der Waals surface area contributed by atoms with Gasteiger partial charge < -0.3 is 14.9 Å². The molecule has 0 amide bonds. The van der Waals surface area contributed by atoms with Gasteiger partial charge in [-0.1, -0.05) is 39.3 Å². The van der Waals surface area contributed by atoms with Crippen LogP contribution in [0, 0.1) is 46.3 Å². The molecule has 0 bridgehead atoms. The van der Waals surface area contributed by atoms with E-state index in [1.54, 1.807) is 5.57 Å². The molecule has 5 heteroatoms. The first kappa shape index (κ1) is 24.8. The van der Waals surface area contributed by atoms with Crippen molar-refractivity contribution in [2.24, 2.45) is 46.3 Å².